The Labute approximate surface area is 211 Å². The van der Waals surface area contributed by atoms with Crippen LogP contribution in [0.4, 0.5) is 0 Å². The maximum Gasteiger partial charge on any atom is 0.304 e. The van der Waals surface area contributed by atoms with E-state index >= 15 is 0 Å². The molecule has 5 nitrogen and oxygen atoms in total. The summed E-state index contributed by atoms with van der Waals surface area (Å²) in [4.78, 5) is 27.4. The van der Waals surface area contributed by atoms with E-state index in [1.807, 2.05) is 60.4 Å². The Kier molecular flexibility index (Phi) is 8.18. The van der Waals surface area contributed by atoms with Crippen LogP contribution in [0.1, 0.15) is 62.1 Å². The van der Waals surface area contributed by atoms with E-state index in [1.54, 1.807) is 0 Å². The number of halogens is 2. The largest absolute Gasteiger partial charge is 0.481 e. The molecule has 2 aromatic rings. The Morgan fingerprint density at radius 3 is 2.47 bits per heavy atom. The van der Waals surface area contributed by atoms with Crippen molar-refractivity contribution in [2.75, 3.05) is 13.2 Å². The van der Waals surface area contributed by atoms with Gasteiger partial charge in [0.05, 0.1) is 25.1 Å². The van der Waals surface area contributed by atoms with E-state index in [0.717, 1.165) is 11.1 Å². The summed E-state index contributed by atoms with van der Waals surface area (Å²) in [6.07, 6.45) is 3.35. The van der Waals surface area contributed by atoms with Crippen LogP contribution in [0.25, 0.3) is 0 Å². The fraction of sp³-hybridized carbons (Fsp3) is 0.481. The lowest BCUT2D eigenvalue weighted by Gasteiger charge is -2.48. The van der Waals surface area contributed by atoms with Crippen molar-refractivity contribution in [1.82, 2.24) is 4.90 Å². The van der Waals surface area contributed by atoms with Crippen LogP contribution in [0.5, 0.6) is 0 Å². The van der Waals surface area contributed by atoms with Crippen LogP contribution >= 0.6 is 23.2 Å². The molecule has 1 saturated heterocycles. The second-order valence-corrected chi connectivity index (χ2v) is 10.3. The lowest BCUT2D eigenvalue weighted by molar-refractivity contribution is -0.154. The first-order valence-corrected chi connectivity index (χ1v) is 12.8. The van der Waals surface area contributed by atoms with Crippen molar-refractivity contribution in [2.24, 2.45) is 11.8 Å². The third-order valence-electron chi connectivity index (χ3n) is 6.96. The standard InChI is InChI=1S/C27H31Cl2NO4/c1-2-23(16-34-15-17-6-7-17)30-26(18-8-10-21(28)11-9-18)24(19-4-3-5-22(29)12-19)13-20(27(30)33)14-25(31)32/h3-5,8-12,17,20,23-24,26H,2,6-7,13-16H2,1H3,(H,31,32)/t20-,23+,24-,26-/m1/s1. The van der Waals surface area contributed by atoms with Gasteiger partial charge < -0.3 is 14.7 Å². The highest BCUT2D eigenvalue weighted by Crippen LogP contribution is 2.47. The number of hydrogen-bond donors (Lipinski definition) is 1. The summed E-state index contributed by atoms with van der Waals surface area (Å²) in [6.45, 7) is 3.19. The number of aliphatic carboxylic acids is 1. The fourth-order valence-corrected chi connectivity index (χ4v) is 5.35. The number of carboxylic acid groups (broad SMARTS) is 1. The van der Waals surface area contributed by atoms with Gasteiger partial charge in [-0.15, -0.1) is 0 Å². The van der Waals surface area contributed by atoms with Crippen molar-refractivity contribution >= 4 is 35.1 Å². The number of amides is 1. The maximum atomic E-state index is 13.8. The Bertz CT molecular complexity index is 1010. The van der Waals surface area contributed by atoms with Gasteiger partial charge in [0.15, 0.2) is 0 Å². The highest BCUT2D eigenvalue weighted by atomic mass is 35.5. The first-order valence-electron chi connectivity index (χ1n) is 12.0. The number of likely N-dealkylation sites (tertiary alicyclic amines) is 1. The van der Waals surface area contributed by atoms with Gasteiger partial charge in [0.25, 0.3) is 0 Å². The molecule has 0 unspecified atom stereocenters. The molecule has 4 rings (SSSR count). The van der Waals surface area contributed by atoms with Gasteiger partial charge in [-0.1, -0.05) is 54.4 Å². The summed E-state index contributed by atoms with van der Waals surface area (Å²) in [5.74, 6) is -1.18. The minimum Gasteiger partial charge on any atom is -0.481 e. The van der Waals surface area contributed by atoms with Crippen molar-refractivity contribution in [2.45, 2.75) is 57.0 Å². The molecule has 1 aliphatic heterocycles. The molecule has 2 fully saturated rings. The summed E-state index contributed by atoms with van der Waals surface area (Å²) in [5.41, 5.74) is 1.96. The van der Waals surface area contributed by atoms with E-state index in [0.29, 0.717) is 42.0 Å². The molecule has 1 aliphatic carbocycles. The quantitative estimate of drug-likeness (QED) is 0.410. The SMILES string of the molecule is CC[C@@H](COCC1CC1)N1C(=O)[C@@H](CC(=O)O)C[C@H](c2cccc(Cl)c2)[C@H]1c1ccc(Cl)cc1. The Hall–Kier alpha value is -2.08. The molecule has 0 aromatic heterocycles. The number of nitrogens with zero attached hydrogens (tertiary/aromatic N) is 1. The van der Waals surface area contributed by atoms with E-state index in [9.17, 15) is 14.7 Å². The van der Waals surface area contributed by atoms with Crippen molar-refractivity contribution < 1.29 is 19.4 Å². The number of benzene rings is 2. The zero-order valence-corrected chi connectivity index (χ0v) is 20.8. The second-order valence-electron chi connectivity index (χ2n) is 9.48. The van der Waals surface area contributed by atoms with Gasteiger partial charge >= 0.3 is 5.97 Å². The van der Waals surface area contributed by atoms with E-state index in [2.05, 4.69) is 0 Å². The van der Waals surface area contributed by atoms with Gasteiger partial charge in [0.2, 0.25) is 5.91 Å². The molecule has 0 bridgehead atoms. The minimum absolute atomic E-state index is 0.112. The molecular formula is C27H31Cl2NO4. The number of carbonyl (C=O) groups excluding carboxylic acids is 1. The maximum absolute atomic E-state index is 13.8. The third-order valence-corrected chi connectivity index (χ3v) is 7.44. The van der Waals surface area contributed by atoms with Crippen molar-refractivity contribution in [3.63, 3.8) is 0 Å². The lowest BCUT2D eigenvalue weighted by atomic mass is 9.74. The van der Waals surface area contributed by atoms with Crippen LogP contribution in [0.3, 0.4) is 0 Å². The van der Waals surface area contributed by atoms with Gasteiger partial charge in [-0.05, 0) is 67.0 Å². The van der Waals surface area contributed by atoms with Gasteiger partial charge in [-0.3, -0.25) is 9.59 Å². The normalized spacial score (nSPS) is 23.7. The monoisotopic (exact) mass is 503 g/mol. The summed E-state index contributed by atoms with van der Waals surface area (Å²) in [7, 11) is 0. The van der Waals surface area contributed by atoms with Crippen LogP contribution < -0.4 is 0 Å². The van der Waals surface area contributed by atoms with Gasteiger partial charge in [0.1, 0.15) is 0 Å². The van der Waals surface area contributed by atoms with E-state index in [-0.39, 0.29) is 30.3 Å². The molecular weight excluding hydrogens is 473 g/mol. The fourth-order valence-electron chi connectivity index (χ4n) is 5.03. The van der Waals surface area contributed by atoms with Crippen molar-refractivity contribution in [1.29, 1.82) is 0 Å². The zero-order valence-electron chi connectivity index (χ0n) is 19.3. The Morgan fingerprint density at radius 2 is 1.85 bits per heavy atom. The molecule has 2 aromatic carbocycles. The third kappa shape index (κ3) is 5.94. The van der Waals surface area contributed by atoms with E-state index < -0.39 is 11.9 Å². The number of carbonyl (C=O) groups is 2. The summed E-state index contributed by atoms with van der Waals surface area (Å²) < 4.78 is 6.04. The molecule has 0 radical (unpaired) electrons. The number of piperidine rings is 1. The number of rotatable bonds is 10. The number of ether oxygens (including phenoxy) is 1. The van der Waals surface area contributed by atoms with Crippen LogP contribution in [0.2, 0.25) is 10.0 Å². The average molecular weight is 504 g/mol. The average Bonchev–Trinajstić information content (AvgIpc) is 3.63. The highest BCUT2D eigenvalue weighted by Gasteiger charge is 2.46. The van der Waals surface area contributed by atoms with Crippen molar-refractivity contribution in [3.05, 3.63) is 69.7 Å². The van der Waals surface area contributed by atoms with Gasteiger partial charge in [-0.2, -0.15) is 0 Å². The molecule has 1 amide bonds. The molecule has 1 saturated carbocycles. The van der Waals surface area contributed by atoms with Crippen LogP contribution in [-0.4, -0.2) is 41.1 Å². The van der Waals surface area contributed by atoms with E-state index in [1.165, 1.54) is 12.8 Å². The molecule has 7 heteroatoms. The molecule has 4 atom stereocenters. The molecule has 1 heterocycles. The van der Waals surface area contributed by atoms with E-state index in [4.69, 9.17) is 27.9 Å². The number of hydrogen-bond acceptors (Lipinski definition) is 3. The zero-order chi connectivity index (χ0) is 24.2. The molecule has 34 heavy (non-hydrogen) atoms. The Balaban J connectivity index is 1.76. The van der Waals surface area contributed by atoms with Gasteiger partial charge in [0, 0.05) is 28.5 Å². The molecule has 182 valence electrons. The first kappa shape index (κ1) is 25.0. The second kappa shape index (κ2) is 11.1. The smallest absolute Gasteiger partial charge is 0.304 e. The Morgan fingerprint density at radius 1 is 1.12 bits per heavy atom. The van der Waals surface area contributed by atoms with Crippen LogP contribution in [0, 0.1) is 11.8 Å². The predicted molar refractivity (Wildman–Crippen MR) is 133 cm³/mol. The van der Waals surface area contributed by atoms with Gasteiger partial charge in [-0.25, -0.2) is 0 Å². The van der Waals surface area contributed by atoms with Crippen LogP contribution in [0.15, 0.2) is 48.5 Å². The molecule has 1 N–H and O–H groups in total. The first-order chi connectivity index (χ1) is 16.4. The summed E-state index contributed by atoms with van der Waals surface area (Å²) in [5, 5.41) is 10.8. The summed E-state index contributed by atoms with van der Waals surface area (Å²) >= 11 is 12.5. The van der Waals surface area contributed by atoms with Crippen LogP contribution in [-0.2, 0) is 14.3 Å². The predicted octanol–water partition coefficient (Wildman–Crippen LogP) is 6.35. The topological polar surface area (TPSA) is 66.8 Å². The molecule has 0 spiro atoms. The molecule has 2 aliphatic rings. The minimum atomic E-state index is -0.967. The van der Waals surface area contributed by atoms with Crippen molar-refractivity contribution in [3.8, 4) is 0 Å². The summed E-state index contributed by atoms with van der Waals surface area (Å²) in [6, 6.07) is 14.8. The highest BCUT2D eigenvalue weighted by molar-refractivity contribution is 6.30. The number of carboxylic acids is 1. The lowest BCUT2D eigenvalue weighted by Crippen LogP contribution is -2.53.